The van der Waals surface area contributed by atoms with Gasteiger partial charge in [-0.3, -0.25) is 9.89 Å². The van der Waals surface area contributed by atoms with Crippen LogP contribution in [0.3, 0.4) is 0 Å². The van der Waals surface area contributed by atoms with E-state index in [0.29, 0.717) is 5.02 Å². The zero-order valence-electron chi connectivity index (χ0n) is 13.0. The number of nitrogens with zero attached hydrogens (tertiary/aromatic N) is 2. The molecule has 0 spiro atoms. The fourth-order valence-electron chi connectivity index (χ4n) is 2.86. The maximum Gasteiger partial charge on any atom is 0.203 e. The molecule has 0 saturated heterocycles. The molecule has 1 N–H and O–H groups in total. The van der Waals surface area contributed by atoms with Crippen molar-refractivity contribution in [3.8, 4) is 0 Å². The molecule has 24 heavy (non-hydrogen) atoms. The van der Waals surface area contributed by atoms with Crippen LogP contribution < -0.4 is 15.5 Å². The van der Waals surface area contributed by atoms with Gasteiger partial charge in [-0.25, -0.2) is 0 Å². The van der Waals surface area contributed by atoms with Crippen molar-refractivity contribution < 1.29 is 5.11 Å². The Morgan fingerprint density at radius 2 is 1.79 bits per heavy atom. The molecule has 1 aromatic heterocycles. The monoisotopic (exact) mass is 354 g/mol. The fourth-order valence-corrected chi connectivity index (χ4v) is 3.89. The third kappa shape index (κ3) is 2.58. The van der Waals surface area contributed by atoms with Crippen LogP contribution >= 0.6 is 22.9 Å². The van der Waals surface area contributed by atoms with E-state index in [1.807, 2.05) is 53.4 Å². The predicted octanol–water partition coefficient (Wildman–Crippen LogP) is 4.17. The average Bonchev–Trinajstić information content (AvgIpc) is 3.02. The SMILES string of the molecule is Cc1ccc(C2N=c3ccccc3=C(O)N2c2ccc(Cl)cc2)s1. The van der Waals surface area contributed by atoms with Crippen LogP contribution in [-0.4, -0.2) is 5.11 Å². The second-order valence-corrected chi connectivity index (χ2v) is 7.39. The van der Waals surface area contributed by atoms with E-state index in [1.54, 1.807) is 11.3 Å². The Balaban J connectivity index is 1.95. The summed E-state index contributed by atoms with van der Waals surface area (Å²) in [6.45, 7) is 2.07. The molecule has 0 saturated carbocycles. The van der Waals surface area contributed by atoms with Gasteiger partial charge in [0, 0.05) is 20.5 Å². The summed E-state index contributed by atoms with van der Waals surface area (Å²) in [6.07, 6.45) is -0.292. The number of rotatable bonds is 2. The molecule has 1 aliphatic rings. The third-order valence-corrected chi connectivity index (χ3v) is 5.29. The molecule has 2 heterocycles. The molecule has 1 aliphatic heterocycles. The first kappa shape index (κ1) is 15.2. The zero-order valence-corrected chi connectivity index (χ0v) is 14.6. The van der Waals surface area contributed by atoms with Crippen molar-refractivity contribution in [3.05, 3.63) is 86.0 Å². The normalized spacial score (nSPS) is 16.7. The largest absolute Gasteiger partial charge is 0.494 e. The number of aliphatic hydroxyl groups excluding tert-OH is 1. The van der Waals surface area contributed by atoms with Gasteiger partial charge in [0.15, 0.2) is 6.17 Å². The van der Waals surface area contributed by atoms with Crippen molar-refractivity contribution in [2.24, 2.45) is 4.99 Å². The lowest BCUT2D eigenvalue weighted by atomic mass is 10.2. The highest BCUT2D eigenvalue weighted by atomic mass is 35.5. The van der Waals surface area contributed by atoms with Crippen LogP contribution in [0.1, 0.15) is 15.9 Å². The molecule has 0 fully saturated rings. The van der Waals surface area contributed by atoms with Crippen LogP contribution in [0.5, 0.6) is 0 Å². The molecule has 120 valence electrons. The maximum atomic E-state index is 10.9. The molecule has 4 rings (SSSR count). The van der Waals surface area contributed by atoms with Crippen molar-refractivity contribution in [3.63, 3.8) is 0 Å². The highest BCUT2D eigenvalue weighted by molar-refractivity contribution is 7.12. The van der Waals surface area contributed by atoms with Gasteiger partial charge in [0.2, 0.25) is 5.88 Å². The summed E-state index contributed by atoms with van der Waals surface area (Å²) in [5.74, 6) is 0.207. The minimum atomic E-state index is -0.292. The summed E-state index contributed by atoms with van der Waals surface area (Å²) in [6, 6.07) is 19.2. The van der Waals surface area contributed by atoms with E-state index in [2.05, 4.69) is 19.1 Å². The predicted molar refractivity (Wildman–Crippen MR) is 99.0 cm³/mol. The maximum absolute atomic E-state index is 10.9. The number of aliphatic hydroxyl groups is 1. The lowest BCUT2D eigenvalue weighted by Crippen LogP contribution is -2.42. The van der Waals surface area contributed by atoms with Crippen LogP contribution in [-0.2, 0) is 0 Å². The molecule has 3 aromatic rings. The molecule has 0 amide bonds. The van der Waals surface area contributed by atoms with E-state index < -0.39 is 0 Å². The second kappa shape index (κ2) is 5.96. The van der Waals surface area contributed by atoms with Crippen LogP contribution in [0.2, 0.25) is 5.02 Å². The summed E-state index contributed by atoms with van der Waals surface area (Å²) in [5, 5.41) is 13.1. The Morgan fingerprint density at radius 3 is 2.50 bits per heavy atom. The number of hydrogen-bond acceptors (Lipinski definition) is 4. The average molecular weight is 355 g/mol. The van der Waals surface area contributed by atoms with Gasteiger partial charge >= 0.3 is 0 Å². The topological polar surface area (TPSA) is 35.8 Å². The van der Waals surface area contributed by atoms with E-state index in [9.17, 15) is 5.11 Å². The molecular formula is C19H15ClN2OS. The Morgan fingerprint density at radius 1 is 1.04 bits per heavy atom. The molecule has 1 atom stereocenters. The molecule has 5 heteroatoms. The quantitative estimate of drug-likeness (QED) is 0.749. The summed E-state index contributed by atoms with van der Waals surface area (Å²) in [4.78, 5) is 9.04. The molecule has 1 unspecified atom stereocenters. The van der Waals surface area contributed by atoms with Gasteiger partial charge in [-0.15, -0.1) is 11.3 Å². The Bertz CT molecular complexity index is 1010. The standard InChI is InChI=1S/C19H15ClN2OS/c1-12-6-11-17(24-12)18-21-16-5-3-2-4-15(16)19(23)22(18)14-9-7-13(20)8-10-14/h2-11,18,23H,1H3. The van der Waals surface area contributed by atoms with Gasteiger partial charge in [-0.1, -0.05) is 23.7 Å². The number of aryl methyl sites for hydroxylation is 1. The van der Waals surface area contributed by atoms with Crippen LogP contribution in [0.25, 0.3) is 5.88 Å². The molecule has 0 aliphatic carbocycles. The zero-order chi connectivity index (χ0) is 16.7. The van der Waals surface area contributed by atoms with Gasteiger partial charge in [-0.2, -0.15) is 0 Å². The van der Waals surface area contributed by atoms with Crippen LogP contribution in [0.15, 0.2) is 65.7 Å². The highest BCUT2D eigenvalue weighted by Crippen LogP contribution is 2.35. The minimum absolute atomic E-state index is 0.207. The van der Waals surface area contributed by atoms with Gasteiger partial charge < -0.3 is 5.11 Å². The summed E-state index contributed by atoms with van der Waals surface area (Å²) in [5.41, 5.74) is 0.853. The van der Waals surface area contributed by atoms with E-state index in [1.165, 1.54) is 4.88 Å². The smallest absolute Gasteiger partial charge is 0.203 e. The van der Waals surface area contributed by atoms with E-state index >= 15 is 0 Å². The number of hydrogen-bond donors (Lipinski definition) is 1. The minimum Gasteiger partial charge on any atom is -0.494 e. The summed E-state index contributed by atoms with van der Waals surface area (Å²) in [7, 11) is 0. The van der Waals surface area contributed by atoms with Crippen molar-refractivity contribution in [2.75, 3.05) is 4.90 Å². The Labute approximate surface area is 148 Å². The second-order valence-electron chi connectivity index (χ2n) is 5.64. The van der Waals surface area contributed by atoms with E-state index in [-0.39, 0.29) is 12.0 Å². The molecule has 0 radical (unpaired) electrons. The first-order chi connectivity index (χ1) is 11.6. The Kier molecular flexibility index (Phi) is 3.79. The number of halogens is 1. The van der Waals surface area contributed by atoms with Gasteiger partial charge in [0.05, 0.1) is 10.6 Å². The van der Waals surface area contributed by atoms with Crippen molar-refractivity contribution in [1.82, 2.24) is 0 Å². The van der Waals surface area contributed by atoms with Gasteiger partial charge in [0.25, 0.3) is 0 Å². The number of fused-ring (bicyclic) bond motifs is 1. The van der Waals surface area contributed by atoms with Crippen molar-refractivity contribution in [2.45, 2.75) is 13.1 Å². The number of anilines is 1. The van der Waals surface area contributed by atoms with E-state index in [0.717, 1.165) is 21.1 Å². The number of benzene rings is 2. The molecule has 3 nitrogen and oxygen atoms in total. The Hall–Kier alpha value is -2.30. The lowest BCUT2D eigenvalue weighted by molar-refractivity contribution is 0.456. The van der Waals surface area contributed by atoms with Gasteiger partial charge in [-0.05, 0) is 55.5 Å². The molecular weight excluding hydrogens is 340 g/mol. The first-order valence-corrected chi connectivity index (χ1v) is 8.80. The van der Waals surface area contributed by atoms with Crippen LogP contribution in [0, 0.1) is 6.92 Å². The van der Waals surface area contributed by atoms with Gasteiger partial charge in [0.1, 0.15) is 0 Å². The summed E-state index contributed by atoms with van der Waals surface area (Å²) < 4.78 is 0. The third-order valence-electron chi connectivity index (χ3n) is 4.00. The van der Waals surface area contributed by atoms with Crippen molar-refractivity contribution in [1.29, 1.82) is 0 Å². The van der Waals surface area contributed by atoms with E-state index in [4.69, 9.17) is 16.6 Å². The lowest BCUT2D eigenvalue weighted by Gasteiger charge is -2.31. The first-order valence-electron chi connectivity index (χ1n) is 7.61. The summed E-state index contributed by atoms with van der Waals surface area (Å²) >= 11 is 7.70. The number of thiophene rings is 1. The highest BCUT2D eigenvalue weighted by Gasteiger charge is 2.28. The number of para-hydroxylation sites is 1. The molecule has 2 aromatic carbocycles. The molecule has 0 bridgehead atoms. The van der Waals surface area contributed by atoms with Crippen LogP contribution in [0.4, 0.5) is 5.69 Å². The van der Waals surface area contributed by atoms with Crippen molar-refractivity contribution >= 4 is 34.5 Å². The fraction of sp³-hybridized carbons (Fsp3) is 0.105.